The van der Waals surface area contributed by atoms with E-state index in [-0.39, 0.29) is 17.2 Å². The monoisotopic (exact) mass is 346 g/mol. The quantitative estimate of drug-likeness (QED) is 0.782. The molecule has 0 saturated heterocycles. The highest BCUT2D eigenvalue weighted by Gasteiger charge is 2.36. The molecule has 0 N–H and O–H groups in total. The normalized spacial score (nSPS) is 15.0. The molecular weight excluding hydrogens is 329 g/mol. The highest BCUT2D eigenvalue weighted by Crippen LogP contribution is 2.33. The van der Waals surface area contributed by atoms with Crippen molar-refractivity contribution in [3.63, 3.8) is 0 Å². The van der Waals surface area contributed by atoms with Gasteiger partial charge in [0.05, 0.1) is 12.7 Å². The van der Waals surface area contributed by atoms with Gasteiger partial charge in [-0.1, -0.05) is 13.8 Å². The summed E-state index contributed by atoms with van der Waals surface area (Å²) in [5.41, 5.74) is -0.655. The highest BCUT2D eigenvalue weighted by molar-refractivity contribution is 8.14. The molecule has 0 radical (unpaired) electrons. The number of thioether (sulfide) groups is 1. The molecule has 1 aromatic heterocycles. The summed E-state index contributed by atoms with van der Waals surface area (Å²) in [5.74, 6) is 0.0490. The van der Waals surface area contributed by atoms with Gasteiger partial charge in [-0.3, -0.25) is 4.99 Å². The van der Waals surface area contributed by atoms with Crippen LogP contribution in [0.3, 0.4) is 0 Å². The Balaban J connectivity index is 2.70. The molecule has 0 atom stereocenters. The first-order valence-corrected chi connectivity index (χ1v) is 8.09. The number of carbonyl (C=O) groups is 1. The zero-order chi connectivity index (χ0) is 17.2. The molecule has 2 heterocycles. The summed E-state index contributed by atoms with van der Waals surface area (Å²) >= 11 is 1.30. The van der Waals surface area contributed by atoms with Crippen molar-refractivity contribution in [2.24, 2.45) is 10.9 Å². The zero-order valence-corrected chi connectivity index (χ0v) is 13.8. The minimum absolute atomic E-state index is 0.0233. The first-order valence-electron chi connectivity index (χ1n) is 7.11. The van der Waals surface area contributed by atoms with E-state index < -0.39 is 17.8 Å². The van der Waals surface area contributed by atoms with Gasteiger partial charge in [-0.2, -0.15) is 13.2 Å². The van der Waals surface area contributed by atoms with Gasteiger partial charge >= 0.3 is 12.1 Å². The van der Waals surface area contributed by atoms with E-state index in [4.69, 9.17) is 4.74 Å². The third kappa shape index (κ3) is 4.04. The van der Waals surface area contributed by atoms with Gasteiger partial charge in [-0.15, -0.1) is 11.8 Å². The summed E-state index contributed by atoms with van der Waals surface area (Å²) in [7, 11) is 1.20. The molecule has 0 fully saturated rings. The van der Waals surface area contributed by atoms with E-state index in [2.05, 4.69) is 9.98 Å². The number of esters is 1. The average Bonchev–Trinajstić information content (AvgIpc) is 2.98. The van der Waals surface area contributed by atoms with Crippen LogP contribution in [0.15, 0.2) is 11.1 Å². The molecule has 1 aliphatic rings. The van der Waals surface area contributed by atoms with Crippen molar-refractivity contribution in [1.29, 1.82) is 0 Å². The van der Waals surface area contributed by atoms with Crippen molar-refractivity contribution < 1.29 is 22.7 Å². The van der Waals surface area contributed by atoms with Crippen molar-refractivity contribution in [3.8, 4) is 0 Å². The van der Waals surface area contributed by atoms with E-state index in [1.165, 1.54) is 18.9 Å². The molecule has 0 aromatic carbocycles. The van der Waals surface area contributed by atoms with E-state index in [9.17, 15) is 18.0 Å². The number of aromatic nitrogens is 1. The SMILES string of the molecule is COC(=O)c1c(CC(C)C)cc(C(F)(F)F)nc1C1=NCCS1. The Morgan fingerprint density at radius 1 is 1.43 bits per heavy atom. The minimum Gasteiger partial charge on any atom is -0.465 e. The Hall–Kier alpha value is -1.57. The maximum Gasteiger partial charge on any atom is 0.433 e. The van der Waals surface area contributed by atoms with Crippen LogP contribution < -0.4 is 0 Å². The second kappa shape index (κ2) is 6.90. The number of halogens is 3. The summed E-state index contributed by atoms with van der Waals surface area (Å²) in [6.07, 6.45) is -4.26. The fraction of sp³-hybridized carbons (Fsp3) is 0.533. The summed E-state index contributed by atoms with van der Waals surface area (Å²) in [6.45, 7) is 4.24. The topological polar surface area (TPSA) is 51.5 Å². The molecule has 126 valence electrons. The number of pyridine rings is 1. The molecule has 23 heavy (non-hydrogen) atoms. The van der Waals surface area contributed by atoms with Gasteiger partial charge in [-0.25, -0.2) is 9.78 Å². The van der Waals surface area contributed by atoms with Gasteiger partial charge < -0.3 is 4.74 Å². The molecule has 1 aromatic rings. The molecule has 0 saturated carbocycles. The number of hydrogen-bond acceptors (Lipinski definition) is 5. The van der Waals surface area contributed by atoms with Crippen LogP contribution in [-0.4, -0.2) is 35.4 Å². The molecule has 8 heteroatoms. The lowest BCUT2D eigenvalue weighted by Gasteiger charge is -2.17. The van der Waals surface area contributed by atoms with Crippen LogP contribution >= 0.6 is 11.8 Å². The number of aliphatic imine (C=N–C) groups is 1. The lowest BCUT2D eigenvalue weighted by atomic mass is 9.96. The Labute approximate surface area is 136 Å². The fourth-order valence-electron chi connectivity index (χ4n) is 2.31. The van der Waals surface area contributed by atoms with Crippen molar-refractivity contribution >= 4 is 22.8 Å². The van der Waals surface area contributed by atoms with E-state index >= 15 is 0 Å². The second-order valence-electron chi connectivity index (χ2n) is 5.51. The summed E-state index contributed by atoms with van der Waals surface area (Å²) in [5, 5.41) is 0.363. The van der Waals surface area contributed by atoms with Crippen molar-refractivity contribution in [1.82, 2.24) is 4.98 Å². The molecule has 0 amide bonds. The largest absolute Gasteiger partial charge is 0.465 e. The van der Waals surface area contributed by atoms with E-state index in [1.807, 2.05) is 13.8 Å². The predicted molar refractivity (Wildman–Crippen MR) is 83.0 cm³/mol. The van der Waals surface area contributed by atoms with Gasteiger partial charge in [0.2, 0.25) is 0 Å². The molecule has 0 bridgehead atoms. The Morgan fingerprint density at radius 3 is 2.61 bits per heavy atom. The summed E-state index contributed by atoms with van der Waals surface area (Å²) in [4.78, 5) is 20.0. The molecule has 4 nitrogen and oxygen atoms in total. The number of methoxy groups -OCH3 is 1. The first kappa shape index (κ1) is 17.8. The molecule has 0 spiro atoms. The maximum atomic E-state index is 13.2. The number of nitrogens with zero attached hydrogens (tertiary/aromatic N) is 2. The van der Waals surface area contributed by atoms with Crippen LogP contribution in [0.25, 0.3) is 0 Å². The minimum atomic E-state index is -4.58. The standard InChI is InChI=1S/C15H17F3N2O2S/c1-8(2)6-9-7-10(15(16,17)18)20-12(11(9)14(21)22-3)13-19-4-5-23-13/h7-8H,4-6H2,1-3H3. The second-order valence-corrected chi connectivity index (χ2v) is 6.60. The highest BCUT2D eigenvalue weighted by atomic mass is 32.2. The van der Waals surface area contributed by atoms with Crippen LogP contribution in [0.2, 0.25) is 0 Å². The van der Waals surface area contributed by atoms with Gasteiger partial charge in [-0.05, 0) is 24.0 Å². The van der Waals surface area contributed by atoms with Crippen LogP contribution in [0.1, 0.15) is 41.2 Å². The Morgan fingerprint density at radius 2 is 2.13 bits per heavy atom. The molecule has 2 rings (SSSR count). The number of hydrogen-bond donors (Lipinski definition) is 0. The van der Waals surface area contributed by atoms with E-state index in [1.54, 1.807) is 0 Å². The average molecular weight is 346 g/mol. The Bertz CT molecular complexity index is 642. The van der Waals surface area contributed by atoms with Crippen molar-refractivity contribution in [2.45, 2.75) is 26.4 Å². The first-order chi connectivity index (χ1) is 10.7. The summed E-state index contributed by atoms with van der Waals surface area (Å²) < 4.78 is 44.2. The van der Waals surface area contributed by atoms with Gasteiger partial charge in [0.15, 0.2) is 0 Å². The van der Waals surface area contributed by atoms with Crippen LogP contribution in [-0.2, 0) is 17.3 Å². The van der Waals surface area contributed by atoms with Gasteiger partial charge in [0.25, 0.3) is 0 Å². The number of ether oxygens (including phenoxy) is 1. The van der Waals surface area contributed by atoms with Crippen molar-refractivity contribution in [2.75, 3.05) is 19.4 Å². The fourth-order valence-corrected chi connectivity index (χ4v) is 3.15. The predicted octanol–water partition coefficient (Wildman–Crippen LogP) is 3.58. The third-order valence-electron chi connectivity index (χ3n) is 3.20. The number of carbonyl (C=O) groups excluding carboxylic acids is 1. The van der Waals surface area contributed by atoms with Crippen LogP contribution in [0.4, 0.5) is 13.2 Å². The molecule has 1 aliphatic heterocycles. The van der Waals surface area contributed by atoms with Crippen LogP contribution in [0.5, 0.6) is 0 Å². The van der Waals surface area contributed by atoms with Gasteiger partial charge in [0, 0.05) is 12.3 Å². The van der Waals surface area contributed by atoms with E-state index in [0.717, 1.165) is 6.07 Å². The van der Waals surface area contributed by atoms with Gasteiger partial charge in [0.1, 0.15) is 16.4 Å². The van der Waals surface area contributed by atoms with Crippen LogP contribution in [0, 0.1) is 5.92 Å². The molecule has 0 aliphatic carbocycles. The third-order valence-corrected chi connectivity index (χ3v) is 4.18. The zero-order valence-electron chi connectivity index (χ0n) is 13.0. The number of rotatable bonds is 4. The lowest BCUT2D eigenvalue weighted by molar-refractivity contribution is -0.141. The van der Waals surface area contributed by atoms with E-state index in [0.29, 0.717) is 29.3 Å². The molecular formula is C15H17F3N2O2S. The maximum absolute atomic E-state index is 13.2. The smallest absolute Gasteiger partial charge is 0.433 e. The molecule has 0 unspecified atom stereocenters. The number of alkyl halides is 3. The lowest BCUT2D eigenvalue weighted by Crippen LogP contribution is -2.20. The Kier molecular flexibility index (Phi) is 5.33. The van der Waals surface area contributed by atoms with Crippen molar-refractivity contribution in [3.05, 3.63) is 28.6 Å². The summed E-state index contributed by atoms with van der Waals surface area (Å²) in [6, 6.07) is 0.940.